The van der Waals surface area contributed by atoms with Gasteiger partial charge < -0.3 is 4.57 Å². The molecule has 0 aliphatic rings. The number of hydrogen-bond donors (Lipinski definition) is 0. The normalized spacial score (nSPS) is 11.8. The van der Waals surface area contributed by atoms with Crippen LogP contribution in [0.2, 0.25) is 0 Å². The van der Waals surface area contributed by atoms with E-state index in [-0.39, 0.29) is 0 Å². The zero-order chi connectivity index (χ0) is 45.4. The van der Waals surface area contributed by atoms with Crippen LogP contribution in [-0.4, -0.2) is 43.6 Å². The third kappa shape index (κ3) is 6.25. The van der Waals surface area contributed by atoms with E-state index in [0.29, 0.717) is 17.6 Å². The van der Waals surface area contributed by atoms with Gasteiger partial charge in [0, 0.05) is 61.6 Å². The maximum atomic E-state index is 5.27. The number of nitrogens with zero attached hydrogens (tertiary/aromatic N) is 9. The van der Waals surface area contributed by atoms with Gasteiger partial charge in [0.05, 0.1) is 44.3 Å². The van der Waals surface area contributed by atoms with Gasteiger partial charge >= 0.3 is 0 Å². The summed E-state index contributed by atoms with van der Waals surface area (Å²) < 4.78 is 6.69. The summed E-state index contributed by atoms with van der Waals surface area (Å²) >= 11 is 0. The minimum absolute atomic E-state index is 0.546. The largest absolute Gasteiger partial charge is 0.308 e. The van der Waals surface area contributed by atoms with Crippen LogP contribution < -0.4 is 0 Å². The second-order valence-electron chi connectivity index (χ2n) is 17.2. The second-order valence-corrected chi connectivity index (χ2v) is 17.2. The Hall–Kier alpha value is -9.60. The van der Waals surface area contributed by atoms with Crippen molar-refractivity contribution in [2.45, 2.75) is 0 Å². The Morgan fingerprint density at radius 1 is 0.304 bits per heavy atom. The molecule has 0 saturated carbocycles. The molecule has 6 aromatic heterocycles. The fourth-order valence-electron chi connectivity index (χ4n) is 10.2. The van der Waals surface area contributed by atoms with E-state index in [1.165, 1.54) is 0 Å². The van der Waals surface area contributed by atoms with Gasteiger partial charge in [-0.1, -0.05) is 133 Å². The van der Waals surface area contributed by atoms with Gasteiger partial charge in [-0.2, -0.15) is 4.98 Å². The lowest BCUT2D eigenvalue weighted by molar-refractivity contribution is 0.947. The molecule has 9 nitrogen and oxygen atoms in total. The van der Waals surface area contributed by atoms with Gasteiger partial charge in [-0.3, -0.25) is 14.1 Å². The molecule has 322 valence electrons. The molecule has 14 rings (SSSR count). The molecule has 0 saturated heterocycles. The molecule has 9 heteroatoms. The molecule has 0 fully saturated rings. The Morgan fingerprint density at radius 3 is 1.70 bits per heavy atom. The monoisotopic (exact) mass is 883 g/mol. The first-order valence-corrected chi connectivity index (χ1v) is 22.9. The number of fused-ring (bicyclic) bond motifs is 9. The molecule has 0 aliphatic carbocycles. The van der Waals surface area contributed by atoms with E-state index in [2.05, 4.69) is 177 Å². The first-order chi connectivity index (χ1) is 34.2. The highest BCUT2D eigenvalue weighted by Crippen LogP contribution is 2.39. The van der Waals surface area contributed by atoms with Crippen molar-refractivity contribution in [3.05, 3.63) is 225 Å². The quantitative estimate of drug-likeness (QED) is 0.158. The van der Waals surface area contributed by atoms with Crippen molar-refractivity contribution in [3.63, 3.8) is 0 Å². The van der Waals surface area contributed by atoms with Crippen LogP contribution in [0.3, 0.4) is 0 Å². The number of para-hydroxylation sites is 3. The molecule has 0 spiro atoms. The van der Waals surface area contributed by atoms with Gasteiger partial charge in [0.25, 0.3) is 0 Å². The minimum atomic E-state index is 0.546. The number of pyridine rings is 1. The Kier molecular flexibility index (Phi) is 8.68. The molecular weight excluding hydrogens is 847 g/mol. The van der Waals surface area contributed by atoms with Crippen molar-refractivity contribution in [2.24, 2.45) is 0 Å². The van der Waals surface area contributed by atoms with Crippen LogP contribution in [0.5, 0.6) is 0 Å². The minimum Gasteiger partial charge on any atom is -0.308 e. The van der Waals surface area contributed by atoms with Crippen LogP contribution in [-0.2, 0) is 0 Å². The number of hydrogen-bond acceptors (Lipinski definition) is 6. The summed E-state index contributed by atoms with van der Waals surface area (Å²) in [6, 6.07) is 74.0. The molecule has 14 aromatic rings. The molecule has 0 amide bonds. The van der Waals surface area contributed by atoms with Crippen molar-refractivity contribution in [1.82, 2.24) is 43.6 Å². The van der Waals surface area contributed by atoms with Gasteiger partial charge in [0.1, 0.15) is 12.1 Å². The second kappa shape index (κ2) is 15.5. The molecule has 0 atom stereocenters. The Morgan fingerprint density at radius 2 is 0.899 bits per heavy atom. The molecule has 0 N–H and O–H groups in total. The van der Waals surface area contributed by atoms with Crippen molar-refractivity contribution >= 4 is 65.5 Å². The van der Waals surface area contributed by atoms with E-state index in [9.17, 15) is 0 Å². The molecular formula is C60H37N9. The molecule has 0 aliphatic heterocycles. The van der Waals surface area contributed by atoms with Crippen LogP contribution >= 0.6 is 0 Å². The molecule has 6 heterocycles. The number of rotatable bonds is 7. The molecule has 69 heavy (non-hydrogen) atoms. The Balaban J connectivity index is 0.900. The first-order valence-electron chi connectivity index (χ1n) is 22.9. The van der Waals surface area contributed by atoms with E-state index in [4.69, 9.17) is 29.9 Å². The van der Waals surface area contributed by atoms with Crippen molar-refractivity contribution in [2.75, 3.05) is 0 Å². The van der Waals surface area contributed by atoms with E-state index in [0.717, 1.165) is 111 Å². The molecule has 0 radical (unpaired) electrons. The topological polar surface area (TPSA) is 92.1 Å². The van der Waals surface area contributed by atoms with E-state index >= 15 is 0 Å². The van der Waals surface area contributed by atoms with Crippen LogP contribution in [0.25, 0.3) is 128 Å². The van der Waals surface area contributed by atoms with Crippen LogP contribution in [0.4, 0.5) is 0 Å². The summed E-state index contributed by atoms with van der Waals surface area (Å²) in [5.41, 5.74) is 14.2. The predicted octanol–water partition coefficient (Wildman–Crippen LogP) is 14.0. The lowest BCUT2D eigenvalue weighted by Gasteiger charge is -2.12. The summed E-state index contributed by atoms with van der Waals surface area (Å²) in [4.78, 5) is 29.9. The number of benzene rings is 8. The summed E-state index contributed by atoms with van der Waals surface area (Å²) in [5.74, 6) is 2.60. The van der Waals surface area contributed by atoms with Gasteiger partial charge in [-0.05, 0) is 83.9 Å². The summed E-state index contributed by atoms with van der Waals surface area (Å²) in [7, 11) is 0. The average molecular weight is 884 g/mol. The third-order valence-corrected chi connectivity index (χ3v) is 13.3. The fraction of sp³-hybridized carbons (Fsp3) is 0. The van der Waals surface area contributed by atoms with Crippen molar-refractivity contribution in [1.29, 1.82) is 0 Å². The molecule has 0 unspecified atom stereocenters. The number of aromatic nitrogens is 9. The standard InChI is InChI=1S/C60H37N9/c1-4-15-38(16-5-1)49-36-56(65-59(64-49)39-17-6-2-7-18-39)68-50-23-12-10-21-44(50)46-29-26-41(35-55(46)68)40-27-30-52-47(33-40)45-22-11-13-24-51(45)69(52)60-63-37-62-58(66-60)42-28-31-53-48(34-42)57-54(25-14-32-61-57)67(53)43-19-8-3-9-20-43/h1-37H. The summed E-state index contributed by atoms with van der Waals surface area (Å²) in [6.07, 6.45) is 3.46. The maximum Gasteiger partial charge on any atom is 0.238 e. The van der Waals surface area contributed by atoms with Gasteiger partial charge in [0.2, 0.25) is 5.95 Å². The van der Waals surface area contributed by atoms with Crippen molar-refractivity contribution < 1.29 is 0 Å². The first kappa shape index (κ1) is 38.6. The summed E-state index contributed by atoms with van der Waals surface area (Å²) in [5, 5.41) is 5.54. The Labute approximate surface area is 394 Å². The Bertz CT molecular complexity index is 4250. The van der Waals surface area contributed by atoms with Crippen LogP contribution in [0.15, 0.2) is 225 Å². The lowest BCUT2D eigenvalue weighted by Crippen LogP contribution is -2.03. The highest BCUT2D eigenvalue weighted by molar-refractivity contribution is 6.13. The molecule has 0 bridgehead atoms. The average Bonchev–Trinajstić information content (AvgIpc) is 4.06. The van der Waals surface area contributed by atoms with Gasteiger partial charge in [-0.15, -0.1) is 0 Å². The van der Waals surface area contributed by atoms with Gasteiger partial charge in [0.15, 0.2) is 11.6 Å². The van der Waals surface area contributed by atoms with Crippen LogP contribution in [0, 0.1) is 0 Å². The zero-order valence-electron chi connectivity index (χ0n) is 36.9. The lowest BCUT2D eigenvalue weighted by atomic mass is 10.0. The molecule has 8 aromatic carbocycles. The van der Waals surface area contributed by atoms with E-state index in [1.807, 2.05) is 54.7 Å². The highest BCUT2D eigenvalue weighted by atomic mass is 15.2. The highest BCUT2D eigenvalue weighted by Gasteiger charge is 2.21. The smallest absolute Gasteiger partial charge is 0.238 e. The van der Waals surface area contributed by atoms with Crippen molar-refractivity contribution in [3.8, 4) is 62.6 Å². The van der Waals surface area contributed by atoms with E-state index in [1.54, 1.807) is 6.33 Å². The third-order valence-electron chi connectivity index (χ3n) is 13.3. The fourth-order valence-corrected chi connectivity index (χ4v) is 10.2. The zero-order valence-corrected chi connectivity index (χ0v) is 36.9. The SMILES string of the molecule is c1ccc(-c2cc(-n3c4ccccc4c4ccc(-c5ccc6c(c5)c5ccccc5n6-c5ncnc(-c6ccc7c(c6)c6ncccc6n7-c6ccccc6)n5)cc43)nc(-c3ccccc3)n2)cc1. The maximum absolute atomic E-state index is 5.27. The van der Waals surface area contributed by atoms with E-state index < -0.39 is 0 Å². The van der Waals surface area contributed by atoms with Gasteiger partial charge in [-0.25, -0.2) is 19.9 Å². The van der Waals surface area contributed by atoms with Crippen LogP contribution in [0.1, 0.15) is 0 Å². The predicted molar refractivity (Wildman–Crippen MR) is 278 cm³/mol. The summed E-state index contributed by atoms with van der Waals surface area (Å²) in [6.45, 7) is 0.